The summed E-state index contributed by atoms with van der Waals surface area (Å²) in [5.41, 5.74) is 1.34. The molecule has 8 heteroatoms. The van der Waals surface area contributed by atoms with Gasteiger partial charge in [0.1, 0.15) is 18.2 Å². The Kier molecular flexibility index (Phi) is 5.92. The molecule has 124 valence electrons. The standard InChI is InChI=1S/C15H16ClF2N3O2/c1-20-8-11(7-19-20)9-21(15(22)6-16)12-3-2-4-13(5-12)23-10-14(17)18/h2-5,7-8,14H,6,9-10H2,1H3. The fourth-order valence-corrected chi connectivity index (χ4v) is 2.18. The third-order valence-corrected chi connectivity index (χ3v) is 3.25. The molecule has 0 saturated carbocycles. The molecule has 0 fully saturated rings. The van der Waals surface area contributed by atoms with E-state index in [1.165, 1.54) is 11.0 Å². The minimum absolute atomic E-state index is 0.192. The number of aromatic nitrogens is 2. The van der Waals surface area contributed by atoms with Gasteiger partial charge < -0.3 is 9.64 Å². The Morgan fingerprint density at radius 3 is 2.87 bits per heavy atom. The van der Waals surface area contributed by atoms with Crippen LogP contribution in [0.25, 0.3) is 0 Å². The van der Waals surface area contributed by atoms with Crippen molar-refractivity contribution in [3.8, 4) is 5.75 Å². The van der Waals surface area contributed by atoms with Crippen molar-refractivity contribution in [3.63, 3.8) is 0 Å². The molecule has 5 nitrogen and oxygen atoms in total. The van der Waals surface area contributed by atoms with Crippen LogP contribution in [0.2, 0.25) is 0 Å². The monoisotopic (exact) mass is 343 g/mol. The number of alkyl halides is 3. The SMILES string of the molecule is Cn1cc(CN(C(=O)CCl)c2cccc(OCC(F)F)c2)cn1. The van der Waals surface area contributed by atoms with Crippen molar-refractivity contribution in [1.82, 2.24) is 9.78 Å². The normalized spacial score (nSPS) is 10.8. The van der Waals surface area contributed by atoms with E-state index in [2.05, 4.69) is 5.10 Å². The lowest BCUT2D eigenvalue weighted by molar-refractivity contribution is -0.116. The van der Waals surface area contributed by atoms with Crippen LogP contribution in [-0.2, 0) is 18.4 Å². The Labute approximate surface area is 137 Å². The first kappa shape index (κ1) is 17.2. The second-order valence-corrected chi connectivity index (χ2v) is 5.10. The molecule has 1 amide bonds. The molecule has 0 spiro atoms. The third-order valence-electron chi connectivity index (χ3n) is 3.02. The van der Waals surface area contributed by atoms with Crippen LogP contribution in [0.1, 0.15) is 5.56 Å². The van der Waals surface area contributed by atoms with Crippen molar-refractivity contribution in [2.75, 3.05) is 17.4 Å². The lowest BCUT2D eigenvalue weighted by atomic mass is 10.2. The zero-order chi connectivity index (χ0) is 16.8. The molecule has 0 unspecified atom stereocenters. The van der Waals surface area contributed by atoms with Crippen LogP contribution in [0.3, 0.4) is 0 Å². The summed E-state index contributed by atoms with van der Waals surface area (Å²) in [6.07, 6.45) is 0.867. The van der Waals surface area contributed by atoms with Crippen molar-refractivity contribution in [2.24, 2.45) is 7.05 Å². The van der Waals surface area contributed by atoms with Crippen LogP contribution >= 0.6 is 11.6 Å². The lowest BCUT2D eigenvalue weighted by Gasteiger charge is -2.22. The Morgan fingerprint density at radius 1 is 1.48 bits per heavy atom. The van der Waals surface area contributed by atoms with Crippen LogP contribution in [-0.4, -0.2) is 34.6 Å². The molecule has 0 aliphatic carbocycles. The van der Waals surface area contributed by atoms with Gasteiger partial charge in [0.15, 0.2) is 0 Å². The molecular formula is C15H16ClF2N3O2. The lowest BCUT2D eigenvalue weighted by Crippen LogP contribution is -2.31. The van der Waals surface area contributed by atoms with Gasteiger partial charge in [0, 0.05) is 30.6 Å². The average Bonchev–Trinajstić information content (AvgIpc) is 2.95. The van der Waals surface area contributed by atoms with Crippen LogP contribution in [0.5, 0.6) is 5.75 Å². The molecule has 0 radical (unpaired) electrons. The molecule has 0 atom stereocenters. The summed E-state index contributed by atoms with van der Waals surface area (Å²) in [5.74, 6) is -0.231. The quantitative estimate of drug-likeness (QED) is 0.726. The number of amides is 1. The highest BCUT2D eigenvalue weighted by atomic mass is 35.5. The van der Waals surface area contributed by atoms with Gasteiger partial charge in [0.2, 0.25) is 5.91 Å². The Morgan fingerprint density at radius 2 is 2.26 bits per heavy atom. The Bertz CT molecular complexity index is 664. The van der Waals surface area contributed by atoms with Gasteiger partial charge in [-0.05, 0) is 12.1 Å². The van der Waals surface area contributed by atoms with Crippen molar-refractivity contribution >= 4 is 23.2 Å². The van der Waals surface area contributed by atoms with Crippen LogP contribution in [0.4, 0.5) is 14.5 Å². The number of rotatable bonds is 7. The first-order chi connectivity index (χ1) is 11.0. The molecule has 1 aromatic carbocycles. The summed E-state index contributed by atoms with van der Waals surface area (Å²) >= 11 is 5.67. The summed E-state index contributed by atoms with van der Waals surface area (Å²) in [4.78, 5) is 13.6. The number of anilines is 1. The van der Waals surface area contributed by atoms with Crippen molar-refractivity contribution < 1.29 is 18.3 Å². The molecule has 0 aliphatic rings. The molecule has 1 aromatic heterocycles. The maximum Gasteiger partial charge on any atom is 0.272 e. The van der Waals surface area contributed by atoms with Gasteiger partial charge in [-0.2, -0.15) is 5.10 Å². The van der Waals surface area contributed by atoms with E-state index in [1.54, 1.807) is 42.3 Å². The summed E-state index contributed by atoms with van der Waals surface area (Å²) in [7, 11) is 1.77. The highest BCUT2D eigenvalue weighted by molar-refractivity contribution is 6.29. The molecule has 2 aromatic rings. The minimum atomic E-state index is -2.56. The summed E-state index contributed by atoms with van der Waals surface area (Å²) in [5, 5.41) is 4.05. The van der Waals surface area contributed by atoms with E-state index in [0.29, 0.717) is 5.69 Å². The fraction of sp³-hybridized carbons (Fsp3) is 0.333. The Balaban J connectivity index is 2.21. The van der Waals surface area contributed by atoms with Gasteiger partial charge in [-0.1, -0.05) is 6.07 Å². The van der Waals surface area contributed by atoms with Gasteiger partial charge in [0.25, 0.3) is 6.43 Å². The number of carbonyl (C=O) groups is 1. The van der Waals surface area contributed by atoms with Crippen LogP contribution in [0, 0.1) is 0 Å². The first-order valence-electron chi connectivity index (χ1n) is 6.84. The molecule has 23 heavy (non-hydrogen) atoms. The zero-order valence-electron chi connectivity index (χ0n) is 12.5. The number of nitrogens with zero attached hydrogens (tertiary/aromatic N) is 3. The van der Waals surface area contributed by atoms with E-state index < -0.39 is 13.0 Å². The van der Waals surface area contributed by atoms with Gasteiger partial charge >= 0.3 is 0 Å². The van der Waals surface area contributed by atoms with Crippen molar-refractivity contribution in [1.29, 1.82) is 0 Å². The number of hydrogen-bond acceptors (Lipinski definition) is 3. The second-order valence-electron chi connectivity index (χ2n) is 4.84. The predicted octanol–water partition coefficient (Wildman–Crippen LogP) is 2.84. The highest BCUT2D eigenvalue weighted by Gasteiger charge is 2.17. The first-order valence-corrected chi connectivity index (χ1v) is 7.38. The molecule has 1 heterocycles. The number of aryl methyl sites for hydroxylation is 1. The second kappa shape index (κ2) is 7.92. The Hall–Kier alpha value is -2.15. The smallest absolute Gasteiger partial charge is 0.272 e. The van der Waals surface area contributed by atoms with E-state index >= 15 is 0 Å². The van der Waals surface area contributed by atoms with Gasteiger partial charge in [-0.25, -0.2) is 8.78 Å². The summed E-state index contributed by atoms with van der Waals surface area (Å²) in [6.45, 7) is -0.423. The highest BCUT2D eigenvalue weighted by Crippen LogP contribution is 2.23. The number of hydrogen-bond donors (Lipinski definition) is 0. The predicted molar refractivity (Wildman–Crippen MR) is 83.1 cm³/mol. The van der Waals surface area contributed by atoms with E-state index in [9.17, 15) is 13.6 Å². The van der Waals surface area contributed by atoms with E-state index in [-0.39, 0.29) is 24.1 Å². The average molecular weight is 344 g/mol. The van der Waals surface area contributed by atoms with Crippen molar-refractivity contribution in [2.45, 2.75) is 13.0 Å². The molecule has 0 N–H and O–H groups in total. The van der Waals surface area contributed by atoms with Gasteiger partial charge in [-0.3, -0.25) is 9.48 Å². The zero-order valence-corrected chi connectivity index (χ0v) is 13.2. The molecular weight excluding hydrogens is 328 g/mol. The molecule has 2 rings (SSSR count). The van der Waals surface area contributed by atoms with Crippen molar-refractivity contribution in [3.05, 3.63) is 42.2 Å². The maximum atomic E-state index is 12.2. The van der Waals surface area contributed by atoms with E-state index in [4.69, 9.17) is 16.3 Å². The topological polar surface area (TPSA) is 47.4 Å². The number of benzene rings is 1. The third kappa shape index (κ3) is 4.92. The van der Waals surface area contributed by atoms with Crippen LogP contribution < -0.4 is 9.64 Å². The molecule has 0 aliphatic heterocycles. The summed E-state index contributed by atoms with van der Waals surface area (Å²) in [6, 6.07) is 6.41. The minimum Gasteiger partial charge on any atom is -0.488 e. The van der Waals surface area contributed by atoms with E-state index in [0.717, 1.165) is 5.56 Å². The fourth-order valence-electron chi connectivity index (χ4n) is 2.03. The van der Waals surface area contributed by atoms with Gasteiger partial charge in [-0.15, -0.1) is 11.6 Å². The summed E-state index contributed by atoms with van der Waals surface area (Å²) < 4.78 is 31.1. The molecule has 0 bridgehead atoms. The van der Waals surface area contributed by atoms with E-state index in [1.807, 2.05) is 0 Å². The maximum absolute atomic E-state index is 12.2. The largest absolute Gasteiger partial charge is 0.488 e. The molecule has 0 saturated heterocycles. The number of halogens is 3. The number of carbonyl (C=O) groups excluding carboxylic acids is 1. The van der Waals surface area contributed by atoms with Crippen LogP contribution in [0.15, 0.2) is 36.7 Å². The number of ether oxygens (including phenoxy) is 1. The van der Waals surface area contributed by atoms with Gasteiger partial charge in [0.05, 0.1) is 12.7 Å².